The molecule has 0 unspecified atom stereocenters. The minimum absolute atomic E-state index is 0.0193. The smallest absolute Gasteiger partial charge is 0.209 e. The summed E-state index contributed by atoms with van der Waals surface area (Å²) in [6, 6.07) is 11.3. The molecule has 0 fully saturated rings. The second kappa shape index (κ2) is 8.55. The van der Waals surface area contributed by atoms with Crippen LogP contribution in [0.5, 0.6) is 11.5 Å². The van der Waals surface area contributed by atoms with Crippen molar-refractivity contribution in [2.45, 2.75) is 52.0 Å². The monoisotopic (exact) mass is 469 g/mol. The maximum absolute atomic E-state index is 11.4. The molecular weight excluding hydrogens is 442 g/mol. The maximum Gasteiger partial charge on any atom is 0.209 e. The predicted molar refractivity (Wildman–Crippen MR) is 132 cm³/mol. The van der Waals surface area contributed by atoms with E-state index in [1.54, 1.807) is 24.4 Å². The topological polar surface area (TPSA) is 111 Å². The Morgan fingerprint density at radius 2 is 2.11 bits per heavy atom. The fourth-order valence-corrected chi connectivity index (χ4v) is 4.70. The third-order valence-corrected chi connectivity index (χ3v) is 6.44. The van der Waals surface area contributed by atoms with Gasteiger partial charge < -0.3 is 14.6 Å². The normalized spacial score (nSPS) is 14.4. The number of anilines is 2. The molecule has 0 saturated heterocycles. The Balaban J connectivity index is 1.48. The van der Waals surface area contributed by atoms with E-state index in [4.69, 9.17) is 14.8 Å². The molecule has 5 rings (SSSR count). The Kier molecular flexibility index (Phi) is 5.52. The van der Waals surface area contributed by atoms with E-state index in [2.05, 4.69) is 41.0 Å². The number of ketones is 1. The standard InChI is InChI=1S/C26H27N7O2/c1-16(34)12-17-13-18(8-10-28-17)35-21-7-6-20-24(19(21)15-27)32(4)25(29-20)30-23-14-22-26(2,3)9-5-11-33(22)31-23/h6-8,10,13-14H,5,9,11-12H2,1-4H3,(H,29,30,31). The molecule has 1 aromatic carbocycles. The Bertz CT molecular complexity index is 1490. The van der Waals surface area contributed by atoms with Crippen LogP contribution in [-0.2, 0) is 30.2 Å². The van der Waals surface area contributed by atoms with Crippen molar-refractivity contribution in [3.05, 3.63) is 53.5 Å². The number of fused-ring (bicyclic) bond motifs is 2. The van der Waals surface area contributed by atoms with E-state index in [-0.39, 0.29) is 17.6 Å². The number of rotatable bonds is 6. The van der Waals surface area contributed by atoms with Crippen LogP contribution in [0.4, 0.5) is 11.8 Å². The Morgan fingerprint density at radius 3 is 2.86 bits per heavy atom. The van der Waals surface area contributed by atoms with Crippen molar-refractivity contribution in [2.24, 2.45) is 7.05 Å². The number of hydrogen-bond donors (Lipinski definition) is 1. The fraction of sp³-hybridized carbons (Fsp3) is 0.346. The van der Waals surface area contributed by atoms with Gasteiger partial charge >= 0.3 is 0 Å². The number of aromatic nitrogens is 5. The molecule has 0 aliphatic carbocycles. The van der Waals surface area contributed by atoms with E-state index in [0.29, 0.717) is 39.7 Å². The van der Waals surface area contributed by atoms with E-state index >= 15 is 0 Å². The summed E-state index contributed by atoms with van der Waals surface area (Å²) < 4.78 is 9.95. The predicted octanol–water partition coefficient (Wildman–Crippen LogP) is 4.78. The van der Waals surface area contributed by atoms with E-state index in [1.165, 1.54) is 12.6 Å². The van der Waals surface area contributed by atoms with Crippen LogP contribution in [-0.4, -0.2) is 30.1 Å². The van der Waals surface area contributed by atoms with Gasteiger partial charge in [0.1, 0.15) is 28.9 Å². The van der Waals surface area contributed by atoms with Crippen LogP contribution in [0.3, 0.4) is 0 Å². The molecule has 1 aliphatic rings. The summed E-state index contributed by atoms with van der Waals surface area (Å²) in [6.45, 7) is 6.91. The number of nitrogens with one attached hydrogen (secondary N) is 1. The quantitative estimate of drug-likeness (QED) is 0.433. The zero-order valence-electron chi connectivity index (χ0n) is 20.3. The van der Waals surface area contributed by atoms with Crippen LogP contribution >= 0.6 is 0 Å². The number of pyridine rings is 1. The third-order valence-electron chi connectivity index (χ3n) is 6.44. The van der Waals surface area contributed by atoms with Gasteiger partial charge in [0.15, 0.2) is 5.82 Å². The Morgan fingerprint density at radius 1 is 1.29 bits per heavy atom. The molecule has 9 nitrogen and oxygen atoms in total. The fourth-order valence-electron chi connectivity index (χ4n) is 4.70. The van der Waals surface area contributed by atoms with Crippen LogP contribution in [0.2, 0.25) is 0 Å². The average molecular weight is 470 g/mol. The molecule has 35 heavy (non-hydrogen) atoms. The molecule has 4 heterocycles. The van der Waals surface area contributed by atoms with Gasteiger partial charge in [0.05, 0.1) is 16.7 Å². The highest BCUT2D eigenvalue weighted by molar-refractivity contribution is 5.87. The molecule has 3 aromatic heterocycles. The van der Waals surface area contributed by atoms with Crippen molar-refractivity contribution < 1.29 is 9.53 Å². The van der Waals surface area contributed by atoms with E-state index < -0.39 is 0 Å². The van der Waals surface area contributed by atoms with Crippen molar-refractivity contribution in [3.63, 3.8) is 0 Å². The number of imidazole rings is 1. The van der Waals surface area contributed by atoms with Crippen LogP contribution in [0, 0.1) is 11.3 Å². The zero-order valence-corrected chi connectivity index (χ0v) is 20.3. The molecule has 1 N–H and O–H groups in total. The van der Waals surface area contributed by atoms with Crippen molar-refractivity contribution in [1.82, 2.24) is 24.3 Å². The lowest BCUT2D eigenvalue weighted by molar-refractivity contribution is -0.116. The van der Waals surface area contributed by atoms with E-state index in [1.807, 2.05) is 17.7 Å². The minimum Gasteiger partial charge on any atom is -0.456 e. The average Bonchev–Trinajstić information content (AvgIpc) is 3.36. The van der Waals surface area contributed by atoms with Crippen molar-refractivity contribution in [1.29, 1.82) is 5.26 Å². The van der Waals surface area contributed by atoms with Gasteiger partial charge in [0, 0.05) is 49.5 Å². The van der Waals surface area contributed by atoms with E-state index in [0.717, 1.165) is 25.2 Å². The number of nitriles is 1. The summed E-state index contributed by atoms with van der Waals surface area (Å²) in [5, 5.41) is 18.1. The van der Waals surface area contributed by atoms with Gasteiger partial charge in [0.25, 0.3) is 0 Å². The number of aryl methyl sites for hydroxylation is 2. The highest BCUT2D eigenvalue weighted by Crippen LogP contribution is 2.36. The number of Topliss-reactive ketones (excluding diaryl/α,β-unsaturated/α-hetero) is 1. The van der Waals surface area contributed by atoms with Gasteiger partial charge in [-0.3, -0.25) is 14.5 Å². The number of nitrogens with zero attached hydrogens (tertiary/aromatic N) is 6. The largest absolute Gasteiger partial charge is 0.456 e. The first kappa shape index (κ1) is 22.6. The second-order valence-corrected chi connectivity index (χ2v) is 9.63. The molecule has 0 radical (unpaired) electrons. The molecule has 9 heteroatoms. The number of carbonyl (C=O) groups is 1. The summed E-state index contributed by atoms with van der Waals surface area (Å²) in [4.78, 5) is 20.4. The summed E-state index contributed by atoms with van der Waals surface area (Å²) in [6.07, 6.45) is 4.06. The number of hydrogen-bond acceptors (Lipinski definition) is 7. The van der Waals surface area contributed by atoms with Gasteiger partial charge in [-0.1, -0.05) is 13.8 Å². The highest BCUT2D eigenvalue weighted by Gasteiger charge is 2.29. The molecule has 0 saturated carbocycles. The van der Waals surface area contributed by atoms with Crippen molar-refractivity contribution in [3.8, 4) is 17.6 Å². The van der Waals surface area contributed by atoms with Gasteiger partial charge in [-0.05, 0) is 38.0 Å². The van der Waals surface area contributed by atoms with Crippen LogP contribution in [0.15, 0.2) is 36.5 Å². The molecule has 0 amide bonds. The second-order valence-electron chi connectivity index (χ2n) is 9.63. The first-order valence-electron chi connectivity index (χ1n) is 11.6. The van der Waals surface area contributed by atoms with Crippen LogP contribution in [0.1, 0.15) is 50.6 Å². The zero-order chi connectivity index (χ0) is 24.7. The maximum atomic E-state index is 11.4. The van der Waals surface area contributed by atoms with Gasteiger partial charge in [-0.15, -0.1) is 0 Å². The lowest BCUT2D eigenvalue weighted by atomic mass is 9.82. The highest BCUT2D eigenvalue weighted by atomic mass is 16.5. The van der Waals surface area contributed by atoms with Gasteiger partial charge in [0.2, 0.25) is 5.95 Å². The molecular formula is C26H27N7O2. The van der Waals surface area contributed by atoms with Crippen LogP contribution < -0.4 is 10.1 Å². The lowest BCUT2D eigenvalue weighted by Crippen LogP contribution is -2.27. The number of ether oxygens (including phenoxy) is 1. The molecule has 4 aromatic rings. The van der Waals surface area contributed by atoms with Crippen molar-refractivity contribution >= 4 is 28.6 Å². The summed E-state index contributed by atoms with van der Waals surface area (Å²) in [7, 11) is 1.86. The molecule has 178 valence electrons. The summed E-state index contributed by atoms with van der Waals surface area (Å²) >= 11 is 0. The molecule has 0 spiro atoms. The van der Waals surface area contributed by atoms with Crippen LogP contribution in [0.25, 0.3) is 11.0 Å². The number of benzene rings is 1. The minimum atomic E-state index is 0.0193. The summed E-state index contributed by atoms with van der Waals surface area (Å²) in [5.74, 6) is 2.27. The first-order chi connectivity index (χ1) is 16.7. The van der Waals surface area contributed by atoms with Gasteiger partial charge in [-0.25, -0.2) is 4.98 Å². The molecule has 1 aliphatic heterocycles. The van der Waals surface area contributed by atoms with Crippen molar-refractivity contribution in [2.75, 3.05) is 5.32 Å². The molecule has 0 bridgehead atoms. The summed E-state index contributed by atoms with van der Waals surface area (Å²) in [5.41, 5.74) is 3.62. The Hall–Kier alpha value is -4.19. The Labute approximate surface area is 203 Å². The van der Waals surface area contributed by atoms with E-state index in [9.17, 15) is 10.1 Å². The molecule has 0 atom stereocenters. The first-order valence-corrected chi connectivity index (χ1v) is 11.6. The number of carbonyl (C=O) groups excluding carboxylic acids is 1. The SMILES string of the molecule is CC(=O)Cc1cc(Oc2ccc3nc(Nc4cc5n(n4)CCCC5(C)C)n(C)c3c2C#N)ccn1. The third kappa shape index (κ3) is 4.23. The van der Waals surface area contributed by atoms with Gasteiger partial charge in [-0.2, -0.15) is 10.4 Å². The lowest BCUT2D eigenvalue weighted by Gasteiger charge is -2.30.